The quantitative estimate of drug-likeness (QED) is 0.398. The highest BCUT2D eigenvalue weighted by molar-refractivity contribution is 7.71. The number of hydrogen-bond donors (Lipinski definition) is 4. The highest BCUT2D eigenvalue weighted by atomic mass is 32.1. The first-order valence-electron chi connectivity index (χ1n) is 5.50. The van der Waals surface area contributed by atoms with Crippen LogP contribution >= 0.6 is 12.2 Å². The van der Waals surface area contributed by atoms with Gasteiger partial charge in [0.1, 0.15) is 12.2 Å². The number of rotatable bonds is 2. The molecule has 4 unspecified atom stereocenters. The van der Waals surface area contributed by atoms with Crippen molar-refractivity contribution in [1.82, 2.24) is 9.55 Å². The second-order valence-electron chi connectivity index (χ2n) is 4.28. The van der Waals surface area contributed by atoms with E-state index < -0.39 is 42.0 Å². The maximum Gasteiger partial charge on any atom is 0.287 e. The van der Waals surface area contributed by atoms with Crippen molar-refractivity contribution in [1.29, 1.82) is 0 Å². The number of halogens is 1. The molecule has 4 atom stereocenters. The molecule has 20 heavy (non-hydrogen) atoms. The fourth-order valence-corrected chi connectivity index (χ4v) is 2.20. The lowest BCUT2D eigenvalue weighted by Gasteiger charge is -2.23. The maximum atomic E-state index is 13.3. The molecule has 2 rings (SSSR count). The fourth-order valence-electron chi connectivity index (χ4n) is 1.95. The smallest absolute Gasteiger partial charge is 0.287 e. The Balaban J connectivity index is 2.51. The molecule has 0 saturated carbocycles. The van der Waals surface area contributed by atoms with Gasteiger partial charge in [-0.05, 0) is 12.2 Å². The molecule has 108 valence electrons. The molecule has 7 nitrogen and oxygen atoms in total. The molecule has 0 aromatic carbocycles. The van der Waals surface area contributed by atoms with Crippen molar-refractivity contribution in [2.24, 2.45) is 0 Å². The van der Waals surface area contributed by atoms with E-state index in [1.54, 1.807) is 0 Å². The Morgan fingerprint density at radius 3 is 2.80 bits per heavy atom. The van der Waals surface area contributed by atoms with Crippen LogP contribution in [0.4, 0.5) is 4.39 Å². The number of aromatic amines is 1. The van der Waals surface area contributed by atoms with E-state index in [1.807, 2.05) is 4.98 Å². The Kier molecular flexibility index (Phi) is 3.77. The molecule has 1 aliphatic heterocycles. The summed E-state index contributed by atoms with van der Waals surface area (Å²) >= 11 is 4.83. The van der Waals surface area contributed by atoms with E-state index in [9.17, 15) is 24.5 Å². The van der Waals surface area contributed by atoms with Gasteiger partial charge in [-0.1, -0.05) is 5.92 Å². The SMILES string of the molecule is C#CC1(CO)OC(n2cc(F)c(=O)[nH]c2=S)C(O)C1O. The zero-order valence-electron chi connectivity index (χ0n) is 9.99. The summed E-state index contributed by atoms with van der Waals surface area (Å²) in [7, 11) is 0. The van der Waals surface area contributed by atoms with Gasteiger partial charge in [0.25, 0.3) is 5.56 Å². The van der Waals surface area contributed by atoms with E-state index in [2.05, 4.69) is 5.92 Å². The number of aliphatic hydroxyl groups excluding tert-OH is 3. The van der Waals surface area contributed by atoms with Crippen LogP contribution in [-0.2, 0) is 4.74 Å². The third-order valence-electron chi connectivity index (χ3n) is 3.10. The minimum Gasteiger partial charge on any atom is -0.392 e. The zero-order valence-corrected chi connectivity index (χ0v) is 10.8. The minimum absolute atomic E-state index is 0.224. The molecule has 1 saturated heterocycles. The first-order chi connectivity index (χ1) is 9.36. The van der Waals surface area contributed by atoms with E-state index in [1.165, 1.54) is 0 Å². The lowest BCUT2D eigenvalue weighted by atomic mass is 9.97. The van der Waals surface area contributed by atoms with Gasteiger partial charge in [-0.15, -0.1) is 6.42 Å². The van der Waals surface area contributed by atoms with Crippen LogP contribution < -0.4 is 5.56 Å². The number of hydrogen-bond acceptors (Lipinski definition) is 6. The Morgan fingerprint density at radius 1 is 1.65 bits per heavy atom. The number of ether oxygens (including phenoxy) is 1. The van der Waals surface area contributed by atoms with Gasteiger partial charge < -0.3 is 20.1 Å². The first-order valence-corrected chi connectivity index (χ1v) is 5.90. The van der Waals surface area contributed by atoms with Gasteiger partial charge in [-0.3, -0.25) is 14.3 Å². The minimum atomic E-state index is -1.83. The summed E-state index contributed by atoms with van der Waals surface area (Å²) < 4.78 is 19.2. The lowest BCUT2D eigenvalue weighted by molar-refractivity contribution is -0.0933. The van der Waals surface area contributed by atoms with Crippen LogP contribution in [0.2, 0.25) is 0 Å². The van der Waals surface area contributed by atoms with Crippen molar-refractivity contribution >= 4 is 12.2 Å². The van der Waals surface area contributed by atoms with Gasteiger partial charge in [0.2, 0.25) is 5.82 Å². The van der Waals surface area contributed by atoms with Crippen LogP contribution in [0.1, 0.15) is 6.23 Å². The molecule has 1 aromatic rings. The molecular weight excluding hydrogens is 291 g/mol. The molecule has 0 radical (unpaired) electrons. The summed E-state index contributed by atoms with van der Waals surface area (Å²) in [6.07, 6.45) is 1.42. The lowest BCUT2D eigenvalue weighted by Crippen LogP contribution is -2.44. The highest BCUT2D eigenvalue weighted by Gasteiger charge is 2.54. The van der Waals surface area contributed by atoms with E-state index in [0.717, 1.165) is 10.8 Å². The number of terminal acetylenes is 1. The molecule has 1 aliphatic rings. The number of nitrogens with one attached hydrogen (secondary N) is 1. The normalized spacial score (nSPS) is 33.0. The van der Waals surface area contributed by atoms with Crippen LogP contribution in [0, 0.1) is 22.9 Å². The summed E-state index contributed by atoms with van der Waals surface area (Å²) in [5, 5.41) is 29.0. The average Bonchev–Trinajstić information content (AvgIpc) is 2.68. The summed E-state index contributed by atoms with van der Waals surface area (Å²) in [5.41, 5.74) is -2.85. The summed E-state index contributed by atoms with van der Waals surface area (Å²) in [4.78, 5) is 13.1. The molecule has 4 N–H and O–H groups in total. The van der Waals surface area contributed by atoms with E-state index in [4.69, 9.17) is 23.4 Å². The van der Waals surface area contributed by atoms with E-state index >= 15 is 0 Å². The van der Waals surface area contributed by atoms with Crippen molar-refractivity contribution in [2.45, 2.75) is 24.0 Å². The van der Waals surface area contributed by atoms with Crippen molar-refractivity contribution < 1.29 is 24.4 Å². The van der Waals surface area contributed by atoms with Crippen molar-refractivity contribution in [3.63, 3.8) is 0 Å². The summed E-state index contributed by atoms with van der Waals surface area (Å²) in [6.45, 7) is -0.753. The maximum absolute atomic E-state index is 13.3. The first kappa shape index (κ1) is 14.8. The van der Waals surface area contributed by atoms with Crippen molar-refractivity contribution in [2.75, 3.05) is 6.61 Å². The number of H-pyrrole nitrogens is 1. The van der Waals surface area contributed by atoms with Gasteiger partial charge in [0, 0.05) is 0 Å². The summed E-state index contributed by atoms with van der Waals surface area (Å²) in [5.74, 6) is 0.910. The number of nitrogens with zero attached hydrogens (tertiary/aromatic N) is 1. The monoisotopic (exact) mass is 302 g/mol. The van der Waals surface area contributed by atoms with Gasteiger partial charge in [-0.2, -0.15) is 4.39 Å². The van der Waals surface area contributed by atoms with Gasteiger partial charge >= 0.3 is 0 Å². The molecule has 1 aromatic heterocycles. The Labute approximate surface area is 117 Å². The topological polar surface area (TPSA) is 108 Å². The van der Waals surface area contributed by atoms with Gasteiger partial charge in [-0.25, -0.2) is 0 Å². The Hall–Kier alpha value is -1.57. The third-order valence-corrected chi connectivity index (χ3v) is 3.42. The highest BCUT2D eigenvalue weighted by Crippen LogP contribution is 2.36. The predicted octanol–water partition coefficient (Wildman–Crippen LogP) is -1.34. The number of aromatic nitrogens is 2. The second-order valence-corrected chi connectivity index (χ2v) is 4.67. The third kappa shape index (κ3) is 2.07. The van der Waals surface area contributed by atoms with Gasteiger partial charge in [0.05, 0.1) is 12.8 Å². The van der Waals surface area contributed by atoms with E-state index in [0.29, 0.717) is 0 Å². The number of aliphatic hydroxyl groups is 3. The molecule has 9 heteroatoms. The zero-order chi connectivity index (χ0) is 15.1. The molecule has 0 amide bonds. The van der Waals surface area contributed by atoms with E-state index in [-0.39, 0.29) is 4.77 Å². The van der Waals surface area contributed by atoms with Crippen LogP contribution in [-0.4, -0.2) is 49.3 Å². The average molecular weight is 302 g/mol. The molecule has 0 spiro atoms. The fraction of sp³-hybridized carbons (Fsp3) is 0.455. The summed E-state index contributed by atoms with van der Waals surface area (Å²) in [6, 6.07) is 0. The van der Waals surface area contributed by atoms with Crippen LogP contribution in [0.5, 0.6) is 0 Å². The van der Waals surface area contributed by atoms with Crippen molar-refractivity contribution in [3.8, 4) is 12.3 Å². The predicted molar refractivity (Wildman–Crippen MR) is 66.6 cm³/mol. The standard InChI is InChI=1S/C11H11FN2O5S/c1-2-11(4-15)7(17)6(16)9(19-11)14-3-5(12)8(18)13-10(14)20/h1,3,6-7,9,15-17H,4H2,(H,13,18,20). The van der Waals surface area contributed by atoms with Crippen molar-refractivity contribution in [3.05, 3.63) is 27.1 Å². The molecule has 0 aliphatic carbocycles. The Bertz CT molecular complexity index is 681. The molecular formula is C11H11FN2O5S. The second kappa shape index (κ2) is 5.08. The molecule has 1 fully saturated rings. The Morgan fingerprint density at radius 2 is 2.30 bits per heavy atom. The van der Waals surface area contributed by atoms with Crippen LogP contribution in [0.15, 0.2) is 11.0 Å². The van der Waals surface area contributed by atoms with Crippen LogP contribution in [0.3, 0.4) is 0 Å². The molecule has 2 heterocycles. The molecule has 0 bridgehead atoms. The van der Waals surface area contributed by atoms with Gasteiger partial charge in [0.15, 0.2) is 16.6 Å². The largest absolute Gasteiger partial charge is 0.392 e. The van der Waals surface area contributed by atoms with Crippen LogP contribution in [0.25, 0.3) is 0 Å².